The summed E-state index contributed by atoms with van der Waals surface area (Å²) in [5.74, 6) is 0.596. The van der Waals surface area contributed by atoms with Crippen LogP contribution in [-0.2, 0) is 4.79 Å². The Bertz CT molecular complexity index is 1140. The first-order chi connectivity index (χ1) is 18.2. The molecule has 8 heteroatoms. The minimum absolute atomic E-state index is 0.108. The molecule has 0 saturated heterocycles. The van der Waals surface area contributed by atoms with Gasteiger partial charge < -0.3 is 15.5 Å². The monoisotopic (exact) mass is 518 g/mol. The predicted octanol–water partition coefficient (Wildman–Crippen LogP) is 5.59. The molecule has 0 unspecified atom stereocenters. The van der Waals surface area contributed by atoms with Gasteiger partial charge in [0.15, 0.2) is 5.82 Å². The second-order valence-electron chi connectivity index (χ2n) is 8.48. The molecule has 204 valence electrons. The van der Waals surface area contributed by atoms with E-state index in [0.29, 0.717) is 16.5 Å². The number of nitrogens with zero attached hydrogens (tertiary/aromatic N) is 4. The van der Waals surface area contributed by atoms with E-state index < -0.39 is 0 Å². The highest BCUT2D eigenvalue weighted by atomic mass is 16.5. The number of carbonyl (C=O) groups excluding carboxylic acids is 1. The molecule has 0 aliphatic rings. The van der Waals surface area contributed by atoms with Crippen LogP contribution >= 0.6 is 0 Å². The SMILES string of the molecule is C=C(C)NCCN(C)C.CC.CN=C(Nc1ccc(-c2ccc(C)cc2)cc1)c1cccnc1N(O)C=O. The second kappa shape index (κ2) is 17.4. The largest absolute Gasteiger partial charge is 0.388 e. The number of rotatable bonds is 9. The summed E-state index contributed by atoms with van der Waals surface area (Å²) in [4.78, 5) is 21.3. The summed E-state index contributed by atoms with van der Waals surface area (Å²) in [5, 5.41) is 16.5. The number of amides is 1. The van der Waals surface area contributed by atoms with Crippen LogP contribution < -0.4 is 15.7 Å². The summed E-state index contributed by atoms with van der Waals surface area (Å²) in [6.07, 6.45) is 1.78. The van der Waals surface area contributed by atoms with Crippen molar-refractivity contribution in [2.75, 3.05) is 44.6 Å². The van der Waals surface area contributed by atoms with Crippen molar-refractivity contribution in [2.45, 2.75) is 27.7 Å². The third-order valence-electron chi connectivity index (χ3n) is 5.10. The van der Waals surface area contributed by atoms with Crippen molar-refractivity contribution >= 4 is 23.8 Å². The van der Waals surface area contributed by atoms with Crippen molar-refractivity contribution in [3.63, 3.8) is 0 Å². The van der Waals surface area contributed by atoms with Gasteiger partial charge in [-0.3, -0.25) is 15.0 Å². The van der Waals surface area contributed by atoms with Gasteiger partial charge in [-0.1, -0.05) is 62.4 Å². The summed E-state index contributed by atoms with van der Waals surface area (Å²) in [6.45, 7) is 13.8. The number of benzene rings is 2. The number of aliphatic imine (C=N–C) groups is 1. The molecule has 3 rings (SSSR count). The zero-order valence-corrected chi connectivity index (χ0v) is 23.7. The molecule has 0 fully saturated rings. The molecule has 0 saturated carbocycles. The number of aryl methyl sites for hydroxylation is 1. The number of hydrogen-bond donors (Lipinski definition) is 3. The average molecular weight is 519 g/mol. The third-order valence-corrected chi connectivity index (χ3v) is 5.10. The molecule has 0 aliphatic heterocycles. The highest BCUT2D eigenvalue weighted by Crippen LogP contribution is 2.23. The zero-order chi connectivity index (χ0) is 28.5. The van der Waals surface area contributed by atoms with E-state index in [0.717, 1.165) is 35.6 Å². The molecule has 0 radical (unpaired) electrons. The number of anilines is 2. The second-order valence-corrected chi connectivity index (χ2v) is 8.48. The van der Waals surface area contributed by atoms with Gasteiger partial charge in [0.05, 0.1) is 5.56 Å². The fourth-order valence-electron chi connectivity index (χ4n) is 3.18. The Balaban J connectivity index is 0.000000559. The molecule has 1 amide bonds. The maximum Gasteiger partial charge on any atom is 0.239 e. The van der Waals surface area contributed by atoms with Gasteiger partial charge in [-0.05, 0) is 63.3 Å². The van der Waals surface area contributed by atoms with Crippen molar-refractivity contribution in [1.82, 2.24) is 15.2 Å². The minimum atomic E-state index is 0.108. The first-order valence-corrected chi connectivity index (χ1v) is 12.6. The summed E-state index contributed by atoms with van der Waals surface area (Å²) in [7, 11) is 5.74. The normalized spacial score (nSPS) is 10.4. The number of allylic oxidation sites excluding steroid dienone is 1. The quantitative estimate of drug-likeness (QED) is 0.112. The van der Waals surface area contributed by atoms with Crippen molar-refractivity contribution in [2.24, 2.45) is 4.99 Å². The number of carbonyl (C=O) groups is 1. The van der Waals surface area contributed by atoms with Gasteiger partial charge in [0.25, 0.3) is 0 Å². The van der Waals surface area contributed by atoms with Crippen LogP contribution in [0, 0.1) is 6.92 Å². The van der Waals surface area contributed by atoms with Gasteiger partial charge in [0.1, 0.15) is 5.84 Å². The van der Waals surface area contributed by atoms with Crippen LogP contribution in [0.2, 0.25) is 0 Å². The van der Waals surface area contributed by atoms with Crippen LogP contribution in [0.3, 0.4) is 0 Å². The van der Waals surface area contributed by atoms with E-state index in [1.807, 2.05) is 45.0 Å². The van der Waals surface area contributed by atoms with E-state index >= 15 is 0 Å². The first-order valence-electron chi connectivity index (χ1n) is 12.6. The number of pyridine rings is 1. The van der Waals surface area contributed by atoms with Gasteiger partial charge in [-0.25, -0.2) is 4.98 Å². The molecule has 8 nitrogen and oxygen atoms in total. The highest BCUT2D eigenvalue weighted by Gasteiger charge is 2.14. The molecule has 0 spiro atoms. The van der Waals surface area contributed by atoms with Crippen molar-refractivity contribution in [1.29, 1.82) is 0 Å². The average Bonchev–Trinajstić information content (AvgIpc) is 2.93. The molecule has 2 aromatic carbocycles. The van der Waals surface area contributed by atoms with Crippen molar-refractivity contribution in [3.05, 3.63) is 90.3 Å². The van der Waals surface area contributed by atoms with Crippen LogP contribution in [0.1, 0.15) is 31.9 Å². The van der Waals surface area contributed by atoms with Gasteiger partial charge in [-0.2, -0.15) is 5.06 Å². The van der Waals surface area contributed by atoms with Crippen LogP contribution in [0.15, 0.2) is 84.1 Å². The number of aromatic nitrogens is 1. The smallest absolute Gasteiger partial charge is 0.239 e. The predicted molar refractivity (Wildman–Crippen MR) is 160 cm³/mol. The van der Waals surface area contributed by atoms with E-state index in [2.05, 4.69) is 77.4 Å². The molecular formula is C30H42N6O2. The molecule has 0 aliphatic carbocycles. The van der Waals surface area contributed by atoms with Gasteiger partial charge in [-0.15, -0.1) is 0 Å². The topological polar surface area (TPSA) is 93.1 Å². The Labute approximate surface area is 227 Å². The number of hydrogen-bond acceptors (Lipinski definition) is 6. The van der Waals surface area contributed by atoms with E-state index in [9.17, 15) is 10.0 Å². The lowest BCUT2D eigenvalue weighted by Crippen LogP contribution is -2.24. The molecule has 0 bridgehead atoms. The summed E-state index contributed by atoms with van der Waals surface area (Å²) in [6, 6.07) is 19.7. The molecule has 3 aromatic rings. The van der Waals surface area contributed by atoms with Crippen LogP contribution in [0.5, 0.6) is 0 Å². The lowest BCUT2D eigenvalue weighted by atomic mass is 10.0. The molecule has 3 N–H and O–H groups in total. The zero-order valence-electron chi connectivity index (χ0n) is 23.7. The summed E-state index contributed by atoms with van der Waals surface area (Å²) >= 11 is 0. The number of nitrogens with one attached hydrogen (secondary N) is 2. The lowest BCUT2D eigenvalue weighted by molar-refractivity contribution is -0.111. The fraction of sp³-hybridized carbons (Fsp3) is 0.300. The van der Waals surface area contributed by atoms with E-state index in [1.54, 1.807) is 19.2 Å². The van der Waals surface area contributed by atoms with Gasteiger partial charge >= 0.3 is 0 Å². The molecule has 0 atom stereocenters. The Morgan fingerprint density at radius 2 is 1.63 bits per heavy atom. The van der Waals surface area contributed by atoms with Crippen LogP contribution in [0.4, 0.5) is 11.5 Å². The molecular weight excluding hydrogens is 476 g/mol. The van der Waals surface area contributed by atoms with Crippen molar-refractivity contribution in [3.8, 4) is 11.1 Å². The third kappa shape index (κ3) is 10.9. The number of likely N-dealkylation sites (N-methyl/N-ethyl adjacent to an activating group) is 1. The van der Waals surface area contributed by atoms with E-state index in [1.165, 1.54) is 11.8 Å². The summed E-state index contributed by atoms with van der Waals surface area (Å²) in [5.41, 5.74) is 5.86. The Kier molecular flexibility index (Phi) is 14.7. The van der Waals surface area contributed by atoms with E-state index in [-0.39, 0.29) is 12.2 Å². The van der Waals surface area contributed by atoms with Gasteiger partial charge in [0.2, 0.25) is 6.41 Å². The van der Waals surface area contributed by atoms with Crippen LogP contribution in [0.25, 0.3) is 11.1 Å². The van der Waals surface area contributed by atoms with Gasteiger partial charge in [0, 0.05) is 37.7 Å². The van der Waals surface area contributed by atoms with Crippen LogP contribution in [-0.4, -0.2) is 61.6 Å². The minimum Gasteiger partial charge on any atom is -0.388 e. The number of amidine groups is 1. The standard InChI is InChI=1S/C21H20N4O2.C7H16N2.C2H6/c1-15-5-7-16(8-6-15)17-9-11-18(12-10-17)24-20(22-2)19-4-3-13-23-21(19)25(27)14-26;1-7(2)8-5-6-9(3)4;1-2/h3-14,27H,1-2H3,(H,22,24);8H,1,5-6H2,2-4H3;1-2H3. The fourth-order valence-corrected chi connectivity index (χ4v) is 3.18. The molecule has 38 heavy (non-hydrogen) atoms. The van der Waals surface area contributed by atoms with E-state index in [4.69, 9.17) is 0 Å². The Hall–Kier alpha value is -4.01. The highest BCUT2D eigenvalue weighted by molar-refractivity contribution is 6.11. The Morgan fingerprint density at radius 1 is 1.05 bits per heavy atom. The lowest BCUT2D eigenvalue weighted by Gasteiger charge is -2.15. The molecule has 1 heterocycles. The maximum atomic E-state index is 10.9. The maximum absolute atomic E-state index is 10.9. The Morgan fingerprint density at radius 3 is 2.13 bits per heavy atom. The molecule has 1 aromatic heterocycles. The number of hydroxylamine groups is 1. The summed E-state index contributed by atoms with van der Waals surface area (Å²) < 4.78 is 0. The van der Waals surface area contributed by atoms with Crippen molar-refractivity contribution < 1.29 is 10.0 Å². The first kappa shape index (κ1) is 32.0.